The zero-order chi connectivity index (χ0) is 18.6. The second-order valence-corrected chi connectivity index (χ2v) is 7.39. The summed E-state index contributed by atoms with van der Waals surface area (Å²) in [5.74, 6) is -0.403. The molecule has 134 valence electrons. The third-order valence-electron chi connectivity index (χ3n) is 3.42. The van der Waals surface area contributed by atoms with E-state index in [4.69, 9.17) is 20.8 Å². The molecule has 0 aliphatic carbocycles. The van der Waals surface area contributed by atoms with Crippen LogP contribution in [-0.4, -0.2) is 14.3 Å². The lowest BCUT2D eigenvalue weighted by Gasteiger charge is -2.08. The van der Waals surface area contributed by atoms with Gasteiger partial charge in [-0.1, -0.05) is 35.9 Å². The normalized spacial score (nSPS) is 11.1. The summed E-state index contributed by atoms with van der Waals surface area (Å²) in [6.45, 7) is 0.0560. The number of furan rings is 1. The van der Waals surface area contributed by atoms with Gasteiger partial charge in [0.2, 0.25) is 0 Å². The van der Waals surface area contributed by atoms with Crippen molar-refractivity contribution in [1.29, 1.82) is 0 Å². The molecule has 0 bridgehead atoms. The molecule has 1 aromatic heterocycles. The Morgan fingerprint density at radius 2 is 1.85 bits per heavy atom. The van der Waals surface area contributed by atoms with Gasteiger partial charge in [0.25, 0.3) is 10.0 Å². The molecule has 0 unspecified atom stereocenters. The highest BCUT2D eigenvalue weighted by Crippen LogP contribution is 2.18. The van der Waals surface area contributed by atoms with E-state index in [0.29, 0.717) is 11.3 Å². The Hall–Kier alpha value is -2.77. The molecule has 0 saturated heterocycles. The van der Waals surface area contributed by atoms with Crippen molar-refractivity contribution in [2.24, 2.45) is 0 Å². The topological polar surface area (TPSA) is 85.6 Å². The molecule has 0 radical (unpaired) electrons. The quantitative estimate of drug-likeness (QED) is 0.693. The number of para-hydroxylation sites is 1. The zero-order valence-electron chi connectivity index (χ0n) is 13.4. The smallest absolute Gasteiger partial charge is 0.301 e. The molecule has 1 amide bonds. The number of benzene rings is 2. The Morgan fingerprint density at radius 1 is 1.08 bits per heavy atom. The number of nitrogens with one attached hydrogen (secondary N) is 1. The number of sulfonamides is 1. The van der Waals surface area contributed by atoms with Gasteiger partial charge in [0.15, 0.2) is 5.76 Å². The standard InChI is InChI=1S/C18H14ClNO5S/c19-14-5-4-8-16(11-14)26(22,23)20-18(21)17-13(9-10-24-17)12-25-15-6-2-1-3-7-15/h1-11H,12H2,(H,20,21). The third kappa shape index (κ3) is 4.25. The van der Waals surface area contributed by atoms with Gasteiger partial charge in [-0.15, -0.1) is 0 Å². The Morgan fingerprint density at radius 3 is 2.58 bits per heavy atom. The van der Waals surface area contributed by atoms with Crippen LogP contribution < -0.4 is 9.46 Å². The molecule has 1 heterocycles. The Bertz CT molecular complexity index is 1010. The van der Waals surface area contributed by atoms with Crippen LogP contribution in [0, 0.1) is 0 Å². The summed E-state index contributed by atoms with van der Waals surface area (Å²) in [5, 5.41) is 0.246. The van der Waals surface area contributed by atoms with Crippen LogP contribution in [0.5, 0.6) is 5.75 Å². The Labute approximate surface area is 155 Å². The molecule has 0 saturated carbocycles. The molecule has 0 fully saturated rings. The number of hydrogen-bond acceptors (Lipinski definition) is 5. The number of ether oxygens (including phenoxy) is 1. The molecule has 26 heavy (non-hydrogen) atoms. The predicted molar refractivity (Wildman–Crippen MR) is 95.6 cm³/mol. The van der Waals surface area contributed by atoms with Crippen molar-refractivity contribution in [2.45, 2.75) is 11.5 Å². The summed E-state index contributed by atoms with van der Waals surface area (Å²) in [7, 11) is -4.08. The van der Waals surface area contributed by atoms with E-state index < -0.39 is 15.9 Å². The van der Waals surface area contributed by atoms with Crippen molar-refractivity contribution in [3.8, 4) is 5.75 Å². The average molecular weight is 392 g/mol. The third-order valence-corrected chi connectivity index (χ3v) is 4.99. The largest absolute Gasteiger partial charge is 0.489 e. The Kier molecular flexibility index (Phi) is 5.29. The van der Waals surface area contributed by atoms with Gasteiger partial charge < -0.3 is 9.15 Å². The van der Waals surface area contributed by atoms with E-state index in [0.717, 1.165) is 0 Å². The maximum absolute atomic E-state index is 12.3. The summed E-state index contributed by atoms with van der Waals surface area (Å²) in [6, 6.07) is 16.2. The van der Waals surface area contributed by atoms with E-state index in [1.54, 1.807) is 18.2 Å². The maximum atomic E-state index is 12.3. The van der Waals surface area contributed by atoms with Crippen LogP contribution in [0.15, 0.2) is 76.2 Å². The fourth-order valence-electron chi connectivity index (χ4n) is 2.19. The van der Waals surface area contributed by atoms with Crippen LogP contribution in [0.4, 0.5) is 0 Å². The summed E-state index contributed by atoms with van der Waals surface area (Å²) >= 11 is 5.80. The molecule has 6 nitrogen and oxygen atoms in total. The van der Waals surface area contributed by atoms with E-state index in [9.17, 15) is 13.2 Å². The molecule has 0 spiro atoms. The summed E-state index contributed by atoms with van der Waals surface area (Å²) in [5.41, 5.74) is 0.424. The number of rotatable bonds is 6. The van der Waals surface area contributed by atoms with E-state index in [1.165, 1.54) is 30.5 Å². The number of halogens is 1. The fraction of sp³-hybridized carbons (Fsp3) is 0.0556. The average Bonchev–Trinajstić information content (AvgIpc) is 3.09. The van der Waals surface area contributed by atoms with Gasteiger partial charge in [0.1, 0.15) is 12.4 Å². The molecule has 0 aliphatic rings. The van der Waals surface area contributed by atoms with Crippen LogP contribution in [0.1, 0.15) is 16.1 Å². The van der Waals surface area contributed by atoms with Crippen LogP contribution in [0.25, 0.3) is 0 Å². The molecule has 8 heteroatoms. The molecule has 3 rings (SSSR count). The lowest BCUT2D eigenvalue weighted by atomic mass is 10.2. The molecule has 1 N–H and O–H groups in total. The predicted octanol–water partition coefficient (Wildman–Crippen LogP) is 3.63. The van der Waals surface area contributed by atoms with Crippen LogP contribution in [0.3, 0.4) is 0 Å². The monoisotopic (exact) mass is 391 g/mol. The summed E-state index contributed by atoms with van der Waals surface area (Å²) in [4.78, 5) is 12.2. The number of carbonyl (C=O) groups excluding carboxylic acids is 1. The van der Waals surface area contributed by atoms with Gasteiger partial charge in [0, 0.05) is 10.6 Å². The lowest BCUT2D eigenvalue weighted by molar-refractivity contribution is 0.0951. The van der Waals surface area contributed by atoms with E-state index in [1.807, 2.05) is 22.9 Å². The number of hydrogen-bond donors (Lipinski definition) is 1. The van der Waals surface area contributed by atoms with Crippen molar-refractivity contribution in [2.75, 3.05) is 0 Å². The van der Waals surface area contributed by atoms with Gasteiger partial charge in [-0.3, -0.25) is 4.79 Å². The van der Waals surface area contributed by atoms with Crippen molar-refractivity contribution in [1.82, 2.24) is 4.72 Å². The van der Waals surface area contributed by atoms with Gasteiger partial charge >= 0.3 is 5.91 Å². The molecule has 2 aromatic carbocycles. The van der Waals surface area contributed by atoms with Gasteiger partial charge in [-0.05, 0) is 36.4 Å². The second kappa shape index (κ2) is 7.63. The molecular weight excluding hydrogens is 378 g/mol. The maximum Gasteiger partial charge on any atom is 0.301 e. The Balaban J connectivity index is 1.74. The summed E-state index contributed by atoms with van der Waals surface area (Å²) in [6.07, 6.45) is 1.30. The van der Waals surface area contributed by atoms with Gasteiger partial charge in [0.05, 0.1) is 11.2 Å². The van der Waals surface area contributed by atoms with Crippen molar-refractivity contribution >= 4 is 27.5 Å². The molecule has 0 atom stereocenters. The molecule has 0 aliphatic heterocycles. The van der Waals surface area contributed by atoms with Crippen molar-refractivity contribution < 1.29 is 22.4 Å². The van der Waals surface area contributed by atoms with Crippen LogP contribution in [-0.2, 0) is 16.6 Å². The van der Waals surface area contributed by atoms with Crippen LogP contribution in [0.2, 0.25) is 5.02 Å². The first kappa shape index (κ1) is 18.0. The van der Waals surface area contributed by atoms with Crippen molar-refractivity contribution in [3.63, 3.8) is 0 Å². The van der Waals surface area contributed by atoms with E-state index in [-0.39, 0.29) is 22.3 Å². The number of amides is 1. The fourth-order valence-corrected chi connectivity index (χ4v) is 3.44. The zero-order valence-corrected chi connectivity index (χ0v) is 15.0. The minimum Gasteiger partial charge on any atom is -0.489 e. The first-order valence-corrected chi connectivity index (χ1v) is 9.39. The van der Waals surface area contributed by atoms with Gasteiger partial charge in [-0.2, -0.15) is 0 Å². The first-order valence-electron chi connectivity index (χ1n) is 7.52. The lowest BCUT2D eigenvalue weighted by Crippen LogP contribution is -2.31. The minimum absolute atomic E-state index is 0.0560. The molecular formula is C18H14ClNO5S. The second-order valence-electron chi connectivity index (χ2n) is 5.27. The summed E-state index contributed by atoms with van der Waals surface area (Å²) < 4.78 is 37.3. The van der Waals surface area contributed by atoms with E-state index in [2.05, 4.69) is 0 Å². The van der Waals surface area contributed by atoms with E-state index >= 15 is 0 Å². The molecule has 3 aromatic rings. The van der Waals surface area contributed by atoms with Crippen molar-refractivity contribution in [3.05, 3.63) is 83.3 Å². The van der Waals surface area contributed by atoms with Crippen LogP contribution >= 0.6 is 11.6 Å². The highest BCUT2D eigenvalue weighted by molar-refractivity contribution is 7.90. The first-order chi connectivity index (χ1) is 12.5. The highest BCUT2D eigenvalue weighted by atomic mass is 35.5. The number of carbonyl (C=O) groups is 1. The van der Waals surface area contributed by atoms with Gasteiger partial charge in [-0.25, -0.2) is 13.1 Å². The minimum atomic E-state index is -4.08. The highest BCUT2D eigenvalue weighted by Gasteiger charge is 2.23. The SMILES string of the molecule is O=C(NS(=O)(=O)c1cccc(Cl)c1)c1occc1COc1ccccc1.